The number of thioether (sulfide) groups is 1. The summed E-state index contributed by atoms with van der Waals surface area (Å²) in [6.07, 6.45) is 2.63. The van der Waals surface area contributed by atoms with E-state index in [9.17, 15) is 19.2 Å². The molecule has 35 heavy (non-hydrogen) atoms. The third kappa shape index (κ3) is 7.68. The Morgan fingerprint density at radius 2 is 1.60 bits per heavy atom. The average molecular weight is 497 g/mol. The van der Waals surface area contributed by atoms with Gasteiger partial charge in [-0.3, -0.25) is 14.4 Å². The molecule has 2 aromatic rings. The first-order valence-corrected chi connectivity index (χ1v) is 12.7. The Morgan fingerprint density at radius 3 is 2.17 bits per heavy atom. The highest BCUT2D eigenvalue weighted by molar-refractivity contribution is 8.14. The molecule has 1 saturated heterocycles. The number of rotatable bonds is 9. The molecule has 0 saturated carbocycles. The number of nitrogens with zero attached hydrogens (tertiary/aromatic N) is 1. The van der Waals surface area contributed by atoms with Gasteiger partial charge in [0.15, 0.2) is 5.12 Å². The summed E-state index contributed by atoms with van der Waals surface area (Å²) in [7, 11) is 1.31. The van der Waals surface area contributed by atoms with Gasteiger partial charge >= 0.3 is 5.97 Å². The van der Waals surface area contributed by atoms with E-state index in [0.717, 1.165) is 35.7 Å². The van der Waals surface area contributed by atoms with E-state index < -0.39 is 23.3 Å². The molecule has 2 amide bonds. The van der Waals surface area contributed by atoms with Crippen molar-refractivity contribution in [3.05, 3.63) is 71.8 Å². The number of methoxy groups -OCH3 is 1. The maximum absolute atomic E-state index is 13.6. The highest BCUT2D eigenvalue weighted by atomic mass is 32.2. The van der Waals surface area contributed by atoms with Gasteiger partial charge in [-0.15, -0.1) is 0 Å². The molecule has 0 bridgehead atoms. The van der Waals surface area contributed by atoms with Crippen LogP contribution in [0.2, 0.25) is 0 Å². The fourth-order valence-electron chi connectivity index (χ4n) is 4.28. The average Bonchev–Trinajstić information content (AvgIpc) is 3.04. The van der Waals surface area contributed by atoms with Gasteiger partial charge in [0.2, 0.25) is 11.8 Å². The molecule has 0 spiro atoms. The second-order valence-corrected chi connectivity index (χ2v) is 9.98. The van der Waals surface area contributed by atoms with Crippen LogP contribution in [0.1, 0.15) is 37.3 Å². The Labute approximate surface area is 210 Å². The maximum Gasteiger partial charge on any atom is 0.328 e. The fraction of sp³-hybridized carbons (Fsp3) is 0.407. The predicted octanol–water partition coefficient (Wildman–Crippen LogP) is 3.16. The quantitative estimate of drug-likeness (QED) is 0.536. The molecule has 0 aliphatic carbocycles. The molecule has 7 nitrogen and oxygen atoms in total. The van der Waals surface area contributed by atoms with Crippen LogP contribution in [-0.2, 0) is 36.8 Å². The topological polar surface area (TPSA) is 92.8 Å². The van der Waals surface area contributed by atoms with Gasteiger partial charge in [0, 0.05) is 19.9 Å². The van der Waals surface area contributed by atoms with Crippen LogP contribution < -0.4 is 5.32 Å². The Kier molecular flexibility index (Phi) is 9.90. The van der Waals surface area contributed by atoms with Gasteiger partial charge in [-0.05, 0) is 36.8 Å². The Balaban J connectivity index is 1.77. The van der Waals surface area contributed by atoms with Crippen LogP contribution in [0.3, 0.4) is 0 Å². The molecule has 0 unspecified atom stereocenters. The Morgan fingerprint density at radius 1 is 1.00 bits per heavy atom. The molecule has 8 heteroatoms. The lowest BCUT2D eigenvalue weighted by molar-refractivity contribution is -0.153. The summed E-state index contributed by atoms with van der Waals surface area (Å²) >= 11 is 0.965. The first-order valence-electron chi connectivity index (χ1n) is 11.8. The monoisotopic (exact) mass is 496 g/mol. The minimum absolute atomic E-state index is 0.163. The molecule has 186 valence electrons. The molecular weight excluding hydrogens is 464 g/mol. The van der Waals surface area contributed by atoms with Gasteiger partial charge in [-0.1, -0.05) is 72.4 Å². The molecular formula is C27H32N2O5S. The smallest absolute Gasteiger partial charge is 0.328 e. The molecule has 0 radical (unpaired) electrons. The number of benzene rings is 2. The van der Waals surface area contributed by atoms with Crippen LogP contribution in [-0.4, -0.2) is 58.8 Å². The predicted molar refractivity (Wildman–Crippen MR) is 136 cm³/mol. The largest absolute Gasteiger partial charge is 0.467 e. The normalized spacial score (nSPS) is 17.7. The summed E-state index contributed by atoms with van der Waals surface area (Å²) in [4.78, 5) is 52.9. The number of ether oxygens (including phenoxy) is 1. The van der Waals surface area contributed by atoms with E-state index in [4.69, 9.17) is 4.74 Å². The number of hydrogen-bond donors (Lipinski definition) is 1. The van der Waals surface area contributed by atoms with Gasteiger partial charge in [0.05, 0.1) is 12.4 Å². The summed E-state index contributed by atoms with van der Waals surface area (Å²) in [6, 6.07) is 17.4. The molecule has 3 atom stereocenters. The van der Waals surface area contributed by atoms with Crippen LogP contribution >= 0.6 is 11.8 Å². The summed E-state index contributed by atoms with van der Waals surface area (Å²) in [5, 5.41) is 2.07. The van der Waals surface area contributed by atoms with Gasteiger partial charge in [-0.25, -0.2) is 4.79 Å². The van der Waals surface area contributed by atoms with Crippen LogP contribution in [0.5, 0.6) is 0 Å². The second kappa shape index (κ2) is 13.1. The van der Waals surface area contributed by atoms with E-state index in [1.807, 2.05) is 60.7 Å². The third-order valence-corrected chi connectivity index (χ3v) is 7.02. The molecule has 1 aliphatic heterocycles. The molecule has 1 aliphatic rings. The third-order valence-electron chi connectivity index (χ3n) is 6.03. The van der Waals surface area contributed by atoms with Crippen molar-refractivity contribution in [3.63, 3.8) is 0 Å². The molecule has 1 fully saturated rings. The molecule has 2 aromatic carbocycles. The zero-order valence-corrected chi connectivity index (χ0v) is 21.0. The lowest BCUT2D eigenvalue weighted by Gasteiger charge is -2.31. The lowest BCUT2D eigenvalue weighted by Crippen LogP contribution is -2.55. The SMILES string of the molecule is COC(=O)[C@H](Cc1ccccc1)N1CCCC[C@H](NC(=O)[C@H](Cc2ccccc2)SC(C)=O)C1=O. The summed E-state index contributed by atoms with van der Waals surface area (Å²) in [5.41, 5.74) is 1.85. The van der Waals surface area contributed by atoms with Crippen molar-refractivity contribution in [3.8, 4) is 0 Å². The van der Waals surface area contributed by atoms with Crippen molar-refractivity contribution in [2.45, 2.75) is 56.4 Å². The number of likely N-dealkylation sites (tertiary alicyclic amines) is 1. The van der Waals surface area contributed by atoms with E-state index in [1.165, 1.54) is 14.0 Å². The van der Waals surface area contributed by atoms with Crippen LogP contribution in [0, 0.1) is 0 Å². The summed E-state index contributed by atoms with van der Waals surface area (Å²) in [5.74, 6) is -1.14. The van der Waals surface area contributed by atoms with E-state index in [1.54, 1.807) is 4.90 Å². The van der Waals surface area contributed by atoms with Crippen molar-refractivity contribution < 1.29 is 23.9 Å². The van der Waals surface area contributed by atoms with E-state index in [-0.39, 0.29) is 16.9 Å². The highest BCUT2D eigenvalue weighted by Gasteiger charge is 2.37. The first-order chi connectivity index (χ1) is 16.9. The standard InChI is InChI=1S/C27H32N2O5S/c1-19(30)35-24(18-21-13-7-4-8-14-21)25(31)28-22-15-9-10-16-29(26(22)32)23(27(33)34-2)17-20-11-5-3-6-12-20/h3-8,11-14,22-24H,9-10,15-18H2,1-2H3,(H,28,31)/t22-,23-,24-/m0/s1. The number of nitrogens with one attached hydrogen (secondary N) is 1. The zero-order valence-electron chi connectivity index (χ0n) is 20.1. The van der Waals surface area contributed by atoms with Crippen LogP contribution in [0.25, 0.3) is 0 Å². The molecule has 1 N–H and O–H groups in total. The van der Waals surface area contributed by atoms with Gasteiger partial charge < -0.3 is 15.0 Å². The number of carbonyl (C=O) groups excluding carboxylic acids is 4. The minimum Gasteiger partial charge on any atom is -0.467 e. The van der Waals surface area contributed by atoms with Gasteiger partial charge in [0.25, 0.3) is 0 Å². The first kappa shape index (κ1) is 26.5. The molecule has 1 heterocycles. The minimum atomic E-state index is -0.779. The van der Waals surface area contributed by atoms with Crippen molar-refractivity contribution in [2.75, 3.05) is 13.7 Å². The van der Waals surface area contributed by atoms with Crippen molar-refractivity contribution in [2.24, 2.45) is 0 Å². The fourth-order valence-corrected chi connectivity index (χ4v) is 5.13. The van der Waals surface area contributed by atoms with E-state index in [0.29, 0.717) is 25.8 Å². The van der Waals surface area contributed by atoms with Crippen LogP contribution in [0.15, 0.2) is 60.7 Å². The number of hydrogen-bond acceptors (Lipinski definition) is 6. The van der Waals surface area contributed by atoms with E-state index in [2.05, 4.69) is 5.32 Å². The molecule has 3 rings (SSSR count). The van der Waals surface area contributed by atoms with Crippen molar-refractivity contribution >= 4 is 34.7 Å². The zero-order chi connectivity index (χ0) is 25.2. The summed E-state index contributed by atoms with van der Waals surface area (Å²) in [6.45, 7) is 1.84. The highest BCUT2D eigenvalue weighted by Crippen LogP contribution is 2.22. The second-order valence-electron chi connectivity index (χ2n) is 8.61. The van der Waals surface area contributed by atoms with Gasteiger partial charge in [0.1, 0.15) is 12.1 Å². The maximum atomic E-state index is 13.6. The lowest BCUT2D eigenvalue weighted by atomic mass is 10.0. The van der Waals surface area contributed by atoms with Crippen molar-refractivity contribution in [1.82, 2.24) is 10.2 Å². The Hall–Kier alpha value is -3.13. The Bertz CT molecular complexity index is 1010. The molecule has 0 aromatic heterocycles. The summed E-state index contributed by atoms with van der Waals surface area (Å²) < 4.78 is 5.03. The number of carbonyl (C=O) groups is 4. The van der Waals surface area contributed by atoms with Crippen LogP contribution in [0.4, 0.5) is 0 Å². The number of esters is 1. The van der Waals surface area contributed by atoms with E-state index >= 15 is 0 Å². The number of amides is 2. The van der Waals surface area contributed by atoms with Crippen molar-refractivity contribution in [1.29, 1.82) is 0 Å². The van der Waals surface area contributed by atoms with Gasteiger partial charge in [-0.2, -0.15) is 0 Å².